The van der Waals surface area contributed by atoms with Crippen molar-refractivity contribution in [1.82, 2.24) is 14.5 Å². The number of sulfonamides is 1. The molecular weight excluding hydrogens is 595 g/mol. The van der Waals surface area contributed by atoms with Crippen LogP contribution < -0.4 is 16.2 Å². The van der Waals surface area contributed by atoms with Crippen LogP contribution in [0.1, 0.15) is 44.7 Å². The fourth-order valence-electron chi connectivity index (χ4n) is 4.88. The maximum absolute atomic E-state index is 13.6. The molecule has 1 amide bonds. The van der Waals surface area contributed by atoms with Crippen LogP contribution in [0.15, 0.2) is 64.5 Å². The van der Waals surface area contributed by atoms with E-state index in [2.05, 4.69) is 14.2 Å². The molecule has 0 radical (unpaired) electrons. The standard InChI is InChI=1S/C28H41N6O7PS/c1-21(35)41-42(37,38)20-33-15-17-34(18-16-33)26(36)25(13-8-14-31-27(29)30)32-43(39,40)24-12-7-11-23(19-24)28(2,3)22-9-5-4-6-10-22/h4-7,9-12,19,25,32H,8,13-18,20H2,1-3H3,(H,37,38)(H4,29,30,31)/t25-/m0/s1. The van der Waals surface area contributed by atoms with Crippen LogP contribution in [0.4, 0.5) is 0 Å². The summed E-state index contributed by atoms with van der Waals surface area (Å²) in [6, 6.07) is 15.3. The second-order valence-corrected chi connectivity index (χ2v) is 14.4. The van der Waals surface area contributed by atoms with Gasteiger partial charge in [-0.15, -0.1) is 0 Å². The lowest BCUT2D eigenvalue weighted by Crippen LogP contribution is -2.55. The van der Waals surface area contributed by atoms with E-state index in [1.807, 2.05) is 50.2 Å². The molecule has 3 rings (SSSR count). The highest BCUT2D eigenvalue weighted by molar-refractivity contribution is 7.89. The number of carbonyl (C=O) groups excluding carboxylic acids is 2. The third-order valence-corrected chi connectivity index (χ3v) is 10.0. The van der Waals surface area contributed by atoms with Crippen LogP contribution >= 0.6 is 7.60 Å². The Bertz CT molecular complexity index is 1460. The average molecular weight is 637 g/mol. The zero-order valence-corrected chi connectivity index (χ0v) is 26.4. The van der Waals surface area contributed by atoms with Crippen LogP contribution in [-0.4, -0.2) is 86.0 Å². The minimum atomic E-state index is -4.16. The molecule has 6 N–H and O–H groups in total. The van der Waals surface area contributed by atoms with Crippen molar-refractivity contribution in [2.75, 3.05) is 39.0 Å². The molecule has 1 aliphatic rings. The first kappa shape index (κ1) is 34.2. The van der Waals surface area contributed by atoms with Gasteiger partial charge in [0.2, 0.25) is 15.9 Å². The normalized spacial score (nSPS) is 16.6. The molecule has 2 aromatic rings. The number of amides is 1. The van der Waals surface area contributed by atoms with Gasteiger partial charge in [0.25, 0.3) is 0 Å². The highest BCUT2D eigenvalue weighted by Crippen LogP contribution is 2.42. The lowest BCUT2D eigenvalue weighted by molar-refractivity contribution is -0.134. The van der Waals surface area contributed by atoms with E-state index in [9.17, 15) is 27.5 Å². The molecule has 2 aromatic carbocycles. The highest BCUT2D eigenvalue weighted by Gasteiger charge is 2.34. The maximum Gasteiger partial charge on any atom is 0.392 e. The van der Waals surface area contributed by atoms with Crippen molar-refractivity contribution in [1.29, 1.82) is 0 Å². The molecule has 236 valence electrons. The smallest absolute Gasteiger partial charge is 0.391 e. The van der Waals surface area contributed by atoms with Gasteiger partial charge in [0.1, 0.15) is 12.3 Å². The van der Waals surface area contributed by atoms with Gasteiger partial charge in [0, 0.05) is 45.1 Å². The number of guanidine groups is 1. The Hall–Kier alpha value is -3.29. The van der Waals surface area contributed by atoms with Gasteiger partial charge >= 0.3 is 13.6 Å². The van der Waals surface area contributed by atoms with Crippen molar-refractivity contribution in [3.05, 3.63) is 65.7 Å². The predicted octanol–water partition coefficient (Wildman–Crippen LogP) is 1.56. The predicted molar refractivity (Wildman–Crippen MR) is 164 cm³/mol. The number of benzene rings is 2. The molecule has 2 atom stereocenters. The largest absolute Gasteiger partial charge is 0.392 e. The van der Waals surface area contributed by atoms with E-state index < -0.39 is 41.0 Å². The van der Waals surface area contributed by atoms with E-state index in [4.69, 9.17) is 11.5 Å². The third-order valence-electron chi connectivity index (χ3n) is 7.24. The molecule has 1 fully saturated rings. The second-order valence-electron chi connectivity index (χ2n) is 10.9. The molecule has 1 heterocycles. The Morgan fingerprint density at radius 3 is 2.30 bits per heavy atom. The molecule has 0 saturated carbocycles. The van der Waals surface area contributed by atoms with Gasteiger partial charge in [-0.2, -0.15) is 4.72 Å². The topological polar surface area (TPSA) is 198 Å². The summed E-state index contributed by atoms with van der Waals surface area (Å²) in [4.78, 5) is 41.7. The summed E-state index contributed by atoms with van der Waals surface area (Å²) in [7, 11) is -8.28. The van der Waals surface area contributed by atoms with Crippen LogP contribution in [0.3, 0.4) is 0 Å². The molecule has 1 aliphatic heterocycles. The van der Waals surface area contributed by atoms with Crippen molar-refractivity contribution in [3.63, 3.8) is 0 Å². The van der Waals surface area contributed by atoms with E-state index in [1.165, 1.54) is 11.0 Å². The minimum Gasteiger partial charge on any atom is -0.391 e. The number of aliphatic imine (C=N–C) groups is 1. The van der Waals surface area contributed by atoms with Crippen molar-refractivity contribution in [2.24, 2.45) is 16.5 Å². The van der Waals surface area contributed by atoms with Gasteiger partial charge in [-0.05, 0) is 36.1 Å². The first-order chi connectivity index (χ1) is 20.1. The summed E-state index contributed by atoms with van der Waals surface area (Å²) in [6.07, 6.45) is 0.120. The van der Waals surface area contributed by atoms with E-state index in [-0.39, 0.29) is 56.3 Å². The fraction of sp³-hybridized carbons (Fsp3) is 0.464. The van der Waals surface area contributed by atoms with Crippen LogP contribution in [0.25, 0.3) is 0 Å². The molecule has 0 aromatic heterocycles. The number of hydrogen-bond donors (Lipinski definition) is 4. The molecule has 13 nitrogen and oxygen atoms in total. The number of hydrogen-bond acceptors (Lipinski definition) is 8. The third kappa shape index (κ3) is 9.87. The number of piperazine rings is 1. The van der Waals surface area contributed by atoms with E-state index >= 15 is 0 Å². The summed E-state index contributed by atoms with van der Waals surface area (Å²) in [5.41, 5.74) is 12.2. The van der Waals surface area contributed by atoms with Gasteiger partial charge in [-0.25, -0.2) is 13.0 Å². The highest BCUT2D eigenvalue weighted by atomic mass is 32.2. The fourth-order valence-corrected chi connectivity index (χ4v) is 7.39. The average Bonchev–Trinajstić information content (AvgIpc) is 2.94. The Balaban J connectivity index is 1.77. The number of nitrogens with two attached hydrogens (primary N) is 2. The lowest BCUT2D eigenvalue weighted by atomic mass is 9.78. The van der Waals surface area contributed by atoms with Crippen molar-refractivity contribution in [2.45, 2.75) is 50.0 Å². The molecule has 15 heteroatoms. The molecule has 0 spiro atoms. The first-order valence-electron chi connectivity index (χ1n) is 13.9. The number of rotatable bonds is 13. The Morgan fingerprint density at radius 1 is 1.07 bits per heavy atom. The van der Waals surface area contributed by atoms with Gasteiger partial charge < -0.3 is 25.8 Å². The van der Waals surface area contributed by atoms with Crippen LogP contribution in [-0.2, 0) is 34.1 Å². The molecule has 43 heavy (non-hydrogen) atoms. The van der Waals surface area contributed by atoms with Gasteiger partial charge in [-0.3, -0.25) is 19.5 Å². The number of carbonyl (C=O) groups is 2. The summed E-state index contributed by atoms with van der Waals surface area (Å²) < 4.78 is 46.5. The quantitative estimate of drug-likeness (QED) is 0.108. The van der Waals surface area contributed by atoms with Gasteiger partial charge in [-0.1, -0.05) is 56.3 Å². The Labute approximate surface area is 252 Å². The van der Waals surface area contributed by atoms with Crippen LogP contribution in [0.5, 0.6) is 0 Å². The lowest BCUT2D eigenvalue weighted by Gasteiger charge is -2.36. The summed E-state index contributed by atoms with van der Waals surface area (Å²) in [6.45, 7) is 6.14. The molecule has 1 unspecified atom stereocenters. The molecule has 0 aliphatic carbocycles. The minimum absolute atomic E-state index is 0.0324. The SMILES string of the molecule is CC(=O)OP(=O)(O)CN1CCN(C(=O)[C@H](CCCN=C(N)N)NS(=O)(=O)c2cccc(C(C)(C)c3ccccc3)c2)CC1. The van der Waals surface area contributed by atoms with Gasteiger partial charge in [0.15, 0.2) is 5.96 Å². The zero-order chi connectivity index (χ0) is 31.8. The van der Waals surface area contributed by atoms with Gasteiger partial charge in [0.05, 0.1) is 4.90 Å². The van der Waals surface area contributed by atoms with Crippen molar-refractivity contribution >= 4 is 35.5 Å². The van der Waals surface area contributed by atoms with Crippen LogP contribution in [0, 0.1) is 0 Å². The Morgan fingerprint density at radius 2 is 1.70 bits per heavy atom. The van der Waals surface area contributed by atoms with Crippen LogP contribution in [0.2, 0.25) is 0 Å². The number of nitrogens with zero attached hydrogens (tertiary/aromatic N) is 3. The van der Waals surface area contributed by atoms with Crippen molar-refractivity contribution in [3.8, 4) is 0 Å². The van der Waals surface area contributed by atoms with E-state index in [0.29, 0.717) is 6.42 Å². The monoisotopic (exact) mass is 636 g/mol. The number of nitrogens with one attached hydrogen (secondary N) is 1. The summed E-state index contributed by atoms with van der Waals surface area (Å²) in [5, 5.41) is 0. The first-order valence-corrected chi connectivity index (χ1v) is 17.1. The maximum atomic E-state index is 13.6. The molecule has 0 bridgehead atoms. The summed E-state index contributed by atoms with van der Waals surface area (Å²) in [5.74, 6) is -1.39. The van der Waals surface area contributed by atoms with E-state index in [1.54, 1.807) is 17.0 Å². The molecular formula is C28H41N6O7PS. The Kier molecular flexibility index (Phi) is 11.5. The second kappa shape index (κ2) is 14.5. The summed E-state index contributed by atoms with van der Waals surface area (Å²) >= 11 is 0. The van der Waals surface area contributed by atoms with Crippen molar-refractivity contribution < 1.29 is 32.0 Å². The molecule has 1 saturated heterocycles. The van der Waals surface area contributed by atoms with E-state index in [0.717, 1.165) is 18.1 Å². The zero-order valence-electron chi connectivity index (χ0n) is 24.7.